The molecule has 0 bridgehead atoms. The maximum absolute atomic E-state index is 11.6. The zero-order valence-electron chi connectivity index (χ0n) is 4.33. The van der Waals surface area contributed by atoms with E-state index in [1.807, 2.05) is 0 Å². The fourth-order valence-electron chi connectivity index (χ4n) is 0.179. The summed E-state index contributed by atoms with van der Waals surface area (Å²) in [5.41, 5.74) is -4.56. The number of ether oxygens (including phenoxy) is 1. The molecule has 0 fully saturated rings. The fraction of sp³-hybridized carbons (Fsp3) is 1.00. The third-order valence-electron chi connectivity index (χ3n) is 0.444. The maximum atomic E-state index is 11.6. The van der Waals surface area contributed by atoms with Crippen molar-refractivity contribution in [3.63, 3.8) is 0 Å². The van der Waals surface area contributed by atoms with Gasteiger partial charge >= 0.3 is 6.36 Å². The van der Waals surface area contributed by atoms with Gasteiger partial charge in [0, 0.05) is 0 Å². The summed E-state index contributed by atoms with van der Waals surface area (Å²) < 4.78 is 48.0. The topological polar surface area (TPSA) is 9.23 Å². The Labute approximate surface area is 63.9 Å². The molecule has 2 atom stereocenters. The molecule has 0 aromatic carbocycles. The van der Waals surface area contributed by atoms with E-state index >= 15 is 0 Å². The van der Waals surface area contributed by atoms with Crippen molar-refractivity contribution in [2.45, 2.75) is 17.6 Å². The van der Waals surface area contributed by atoms with Crippen LogP contribution in [0, 0.1) is 0 Å². The molecule has 0 saturated carbocycles. The Morgan fingerprint density at radius 3 is 1.70 bits per heavy atom. The molecule has 0 aromatic heterocycles. The molecule has 0 N–H and O–H groups in total. The minimum atomic E-state index is -4.95. The SMILES string of the molecule is FC(Cl)C(Cl)OC(F)(F)F. The van der Waals surface area contributed by atoms with Crippen LogP contribution in [0.2, 0.25) is 0 Å². The lowest BCUT2D eigenvalue weighted by atomic mass is 10.8. The molecule has 1 nitrogen and oxygen atoms in total. The molecule has 62 valence electrons. The summed E-state index contributed by atoms with van der Waals surface area (Å²) >= 11 is 9.16. The summed E-state index contributed by atoms with van der Waals surface area (Å²) in [6.07, 6.45) is -4.95. The molecular weight excluding hydrogens is 199 g/mol. The Balaban J connectivity index is 3.68. The smallest absolute Gasteiger partial charge is 0.268 e. The highest BCUT2D eigenvalue weighted by Crippen LogP contribution is 2.24. The van der Waals surface area contributed by atoms with Gasteiger partial charge in [-0.2, -0.15) is 0 Å². The first-order valence-electron chi connectivity index (χ1n) is 1.99. The Hall–Kier alpha value is 0.260. The molecular formula is C3H2Cl2F4O. The lowest BCUT2D eigenvalue weighted by Gasteiger charge is -2.12. The summed E-state index contributed by atoms with van der Waals surface area (Å²) in [4.78, 5) is 0. The van der Waals surface area contributed by atoms with Crippen molar-refractivity contribution in [1.82, 2.24) is 0 Å². The van der Waals surface area contributed by atoms with E-state index < -0.39 is 17.6 Å². The van der Waals surface area contributed by atoms with Crippen molar-refractivity contribution in [2.24, 2.45) is 0 Å². The van der Waals surface area contributed by atoms with E-state index in [0.29, 0.717) is 0 Å². The van der Waals surface area contributed by atoms with Crippen LogP contribution >= 0.6 is 23.2 Å². The Morgan fingerprint density at radius 1 is 1.20 bits per heavy atom. The van der Waals surface area contributed by atoms with Crippen LogP contribution in [0.3, 0.4) is 0 Å². The first kappa shape index (κ1) is 10.3. The van der Waals surface area contributed by atoms with E-state index in [1.54, 1.807) is 0 Å². The first-order chi connectivity index (χ1) is 4.33. The molecule has 2 unspecified atom stereocenters. The van der Waals surface area contributed by atoms with Crippen molar-refractivity contribution in [1.29, 1.82) is 0 Å². The molecule has 10 heavy (non-hydrogen) atoms. The van der Waals surface area contributed by atoms with Gasteiger partial charge in [0.1, 0.15) is 0 Å². The molecule has 0 aliphatic carbocycles. The standard InChI is InChI=1S/C3H2Cl2F4O/c4-1(6)2(5)10-3(7,8)9/h1-2H. The zero-order valence-corrected chi connectivity index (χ0v) is 5.84. The van der Waals surface area contributed by atoms with Gasteiger partial charge in [0.2, 0.25) is 5.63 Å². The quantitative estimate of drug-likeness (QED) is 0.492. The average Bonchev–Trinajstić information content (AvgIpc) is 1.60. The summed E-state index contributed by atoms with van der Waals surface area (Å²) in [5.74, 6) is 0. The first-order valence-corrected chi connectivity index (χ1v) is 2.87. The molecule has 0 amide bonds. The molecule has 0 aromatic rings. The summed E-state index contributed by atoms with van der Waals surface area (Å²) in [7, 11) is 0. The van der Waals surface area contributed by atoms with Gasteiger partial charge < -0.3 is 0 Å². The van der Waals surface area contributed by atoms with Gasteiger partial charge in [-0.15, -0.1) is 13.2 Å². The highest BCUT2D eigenvalue weighted by atomic mass is 35.5. The van der Waals surface area contributed by atoms with E-state index in [-0.39, 0.29) is 0 Å². The van der Waals surface area contributed by atoms with Crippen LogP contribution in [-0.4, -0.2) is 17.6 Å². The normalized spacial score (nSPS) is 18.6. The number of hydrogen-bond donors (Lipinski definition) is 0. The minimum absolute atomic E-state index is 2.19. The third kappa shape index (κ3) is 5.08. The zero-order chi connectivity index (χ0) is 8.36. The van der Waals surface area contributed by atoms with Crippen LogP contribution < -0.4 is 0 Å². The molecule has 0 spiro atoms. The van der Waals surface area contributed by atoms with E-state index in [9.17, 15) is 17.6 Å². The third-order valence-corrected chi connectivity index (χ3v) is 1.11. The average molecular weight is 201 g/mol. The van der Waals surface area contributed by atoms with Crippen molar-refractivity contribution < 1.29 is 22.3 Å². The van der Waals surface area contributed by atoms with Gasteiger partial charge in [-0.1, -0.05) is 23.2 Å². The van der Waals surface area contributed by atoms with Crippen molar-refractivity contribution in [3.8, 4) is 0 Å². The Kier molecular flexibility index (Phi) is 3.69. The summed E-state index contributed by atoms with van der Waals surface area (Å²) in [6.45, 7) is 0. The Morgan fingerprint density at radius 2 is 1.60 bits per heavy atom. The van der Waals surface area contributed by atoms with Gasteiger partial charge in [-0.25, -0.2) is 4.39 Å². The number of halogens is 6. The van der Waals surface area contributed by atoms with E-state index in [1.165, 1.54) is 0 Å². The van der Waals surface area contributed by atoms with E-state index in [0.717, 1.165) is 0 Å². The van der Waals surface area contributed by atoms with Crippen LogP contribution in [0.5, 0.6) is 0 Å². The van der Waals surface area contributed by atoms with Crippen LogP contribution in [0.4, 0.5) is 17.6 Å². The van der Waals surface area contributed by atoms with Gasteiger partial charge in [-0.3, -0.25) is 4.74 Å². The van der Waals surface area contributed by atoms with Crippen molar-refractivity contribution in [3.05, 3.63) is 0 Å². The minimum Gasteiger partial charge on any atom is -0.268 e. The van der Waals surface area contributed by atoms with Gasteiger partial charge in [0.05, 0.1) is 0 Å². The van der Waals surface area contributed by atoms with E-state index in [4.69, 9.17) is 0 Å². The molecule has 0 radical (unpaired) electrons. The highest BCUT2D eigenvalue weighted by molar-refractivity contribution is 6.28. The summed E-state index contributed by atoms with van der Waals surface area (Å²) in [6, 6.07) is 0. The largest absolute Gasteiger partial charge is 0.524 e. The van der Waals surface area contributed by atoms with Crippen LogP contribution in [0.25, 0.3) is 0 Å². The molecule has 0 heterocycles. The predicted molar refractivity (Wildman–Crippen MR) is 27.5 cm³/mol. The van der Waals surface area contributed by atoms with Gasteiger partial charge in [-0.05, 0) is 0 Å². The van der Waals surface area contributed by atoms with Crippen molar-refractivity contribution >= 4 is 23.2 Å². The second kappa shape index (κ2) is 3.59. The summed E-state index contributed by atoms with van der Waals surface area (Å²) in [5, 5.41) is 0. The van der Waals surface area contributed by atoms with Crippen LogP contribution in [0.1, 0.15) is 0 Å². The van der Waals surface area contributed by atoms with Crippen LogP contribution in [-0.2, 0) is 4.74 Å². The van der Waals surface area contributed by atoms with E-state index in [2.05, 4.69) is 27.9 Å². The highest BCUT2D eigenvalue weighted by Gasteiger charge is 2.35. The monoisotopic (exact) mass is 200 g/mol. The second-order valence-electron chi connectivity index (χ2n) is 1.25. The lowest BCUT2D eigenvalue weighted by molar-refractivity contribution is -0.333. The lowest BCUT2D eigenvalue weighted by Crippen LogP contribution is -2.24. The second-order valence-corrected chi connectivity index (χ2v) is 2.10. The maximum Gasteiger partial charge on any atom is 0.524 e. The van der Waals surface area contributed by atoms with Crippen LogP contribution in [0.15, 0.2) is 0 Å². The molecule has 0 saturated heterocycles. The van der Waals surface area contributed by atoms with Gasteiger partial charge in [0.15, 0.2) is 5.56 Å². The number of alkyl halides is 6. The number of rotatable bonds is 2. The van der Waals surface area contributed by atoms with Gasteiger partial charge in [0.25, 0.3) is 0 Å². The number of hydrogen-bond acceptors (Lipinski definition) is 1. The Bertz CT molecular complexity index is 103. The predicted octanol–water partition coefficient (Wildman–Crippen LogP) is 2.62. The molecule has 0 rings (SSSR count). The molecule has 7 heteroatoms. The molecule has 0 aliphatic rings. The fourth-order valence-corrected chi connectivity index (χ4v) is 0.332. The van der Waals surface area contributed by atoms with Crippen molar-refractivity contribution in [2.75, 3.05) is 0 Å². The molecule has 0 aliphatic heterocycles.